The first kappa shape index (κ1) is 13.8. The SMILES string of the molecule is CN(C)CCCCC(NC(=O)F)C(=O)O. The Balaban J connectivity index is 3.77. The zero-order chi connectivity index (χ0) is 11.8. The minimum atomic E-state index is -1.80. The van der Waals surface area contributed by atoms with Crippen molar-refractivity contribution in [3.63, 3.8) is 0 Å². The summed E-state index contributed by atoms with van der Waals surface area (Å²) in [5.74, 6) is -1.20. The zero-order valence-corrected chi connectivity index (χ0v) is 8.99. The molecule has 0 saturated carbocycles. The first-order valence-electron chi connectivity index (χ1n) is 4.77. The van der Waals surface area contributed by atoms with Crippen LogP contribution in [0.3, 0.4) is 0 Å². The van der Waals surface area contributed by atoms with Crippen LogP contribution in [0.1, 0.15) is 19.3 Å². The largest absolute Gasteiger partial charge is 0.480 e. The van der Waals surface area contributed by atoms with Crippen molar-refractivity contribution in [3.8, 4) is 0 Å². The number of halogens is 1. The second kappa shape index (κ2) is 7.17. The van der Waals surface area contributed by atoms with E-state index in [2.05, 4.69) is 0 Å². The summed E-state index contributed by atoms with van der Waals surface area (Å²) >= 11 is 0. The van der Waals surface area contributed by atoms with Crippen molar-refractivity contribution >= 4 is 12.1 Å². The molecule has 0 aliphatic heterocycles. The number of rotatable bonds is 7. The fraction of sp³-hybridized carbons (Fsp3) is 0.778. The van der Waals surface area contributed by atoms with Gasteiger partial charge in [0.05, 0.1) is 0 Å². The molecule has 0 aromatic heterocycles. The second-order valence-corrected chi connectivity index (χ2v) is 3.61. The Morgan fingerprint density at radius 1 is 1.40 bits per heavy atom. The molecule has 88 valence electrons. The number of aliphatic carboxylic acids is 1. The Labute approximate surface area is 88.3 Å². The summed E-state index contributed by atoms with van der Waals surface area (Å²) in [5.41, 5.74) is 0. The summed E-state index contributed by atoms with van der Waals surface area (Å²) < 4.78 is 11.9. The molecule has 1 amide bonds. The molecule has 15 heavy (non-hydrogen) atoms. The molecule has 0 heterocycles. The van der Waals surface area contributed by atoms with Crippen molar-refractivity contribution in [1.82, 2.24) is 10.2 Å². The third-order valence-electron chi connectivity index (χ3n) is 1.93. The zero-order valence-electron chi connectivity index (χ0n) is 8.99. The molecule has 1 atom stereocenters. The predicted molar refractivity (Wildman–Crippen MR) is 53.5 cm³/mol. The maximum atomic E-state index is 11.9. The summed E-state index contributed by atoms with van der Waals surface area (Å²) in [7, 11) is 3.83. The minimum absolute atomic E-state index is 0.249. The first-order valence-corrected chi connectivity index (χ1v) is 4.77. The normalized spacial score (nSPS) is 12.5. The highest BCUT2D eigenvalue weighted by Gasteiger charge is 2.18. The molecule has 6 heteroatoms. The Morgan fingerprint density at radius 2 is 2.00 bits per heavy atom. The number of carboxylic acids is 1. The van der Waals surface area contributed by atoms with E-state index in [-0.39, 0.29) is 6.42 Å². The molecule has 0 fully saturated rings. The van der Waals surface area contributed by atoms with E-state index in [9.17, 15) is 14.0 Å². The monoisotopic (exact) mass is 220 g/mol. The highest BCUT2D eigenvalue weighted by Crippen LogP contribution is 2.02. The van der Waals surface area contributed by atoms with Gasteiger partial charge in [0.2, 0.25) is 0 Å². The molecule has 2 N–H and O–H groups in total. The number of nitrogens with zero attached hydrogens (tertiary/aromatic N) is 1. The van der Waals surface area contributed by atoms with Gasteiger partial charge in [-0.05, 0) is 39.9 Å². The van der Waals surface area contributed by atoms with E-state index in [4.69, 9.17) is 5.11 Å². The molecule has 0 aromatic rings. The van der Waals surface area contributed by atoms with Gasteiger partial charge in [-0.3, -0.25) is 0 Å². The number of carbonyl (C=O) groups excluding carboxylic acids is 1. The van der Waals surface area contributed by atoms with Crippen LogP contribution in [0.4, 0.5) is 9.18 Å². The van der Waals surface area contributed by atoms with E-state index in [1.165, 1.54) is 0 Å². The lowest BCUT2D eigenvalue weighted by atomic mass is 10.1. The van der Waals surface area contributed by atoms with Crippen LogP contribution in [0.15, 0.2) is 0 Å². The molecule has 0 spiro atoms. The topological polar surface area (TPSA) is 69.6 Å². The fourth-order valence-corrected chi connectivity index (χ4v) is 1.17. The van der Waals surface area contributed by atoms with Crippen molar-refractivity contribution in [2.75, 3.05) is 20.6 Å². The Morgan fingerprint density at radius 3 is 2.40 bits per heavy atom. The number of hydrogen-bond donors (Lipinski definition) is 2. The van der Waals surface area contributed by atoms with Gasteiger partial charge in [-0.1, -0.05) is 0 Å². The second-order valence-electron chi connectivity index (χ2n) is 3.61. The Hall–Kier alpha value is -1.17. The lowest BCUT2D eigenvalue weighted by molar-refractivity contribution is -0.139. The van der Waals surface area contributed by atoms with Gasteiger partial charge in [0.25, 0.3) is 0 Å². The van der Waals surface area contributed by atoms with Crippen LogP contribution in [-0.4, -0.2) is 48.8 Å². The quantitative estimate of drug-likeness (QED) is 0.379. The van der Waals surface area contributed by atoms with Gasteiger partial charge in [-0.2, -0.15) is 0 Å². The van der Waals surface area contributed by atoms with E-state index < -0.39 is 18.2 Å². The van der Waals surface area contributed by atoms with E-state index in [0.717, 1.165) is 13.0 Å². The lowest BCUT2D eigenvalue weighted by Crippen LogP contribution is -2.38. The van der Waals surface area contributed by atoms with Crippen molar-refractivity contribution in [2.45, 2.75) is 25.3 Å². The lowest BCUT2D eigenvalue weighted by Gasteiger charge is -2.13. The summed E-state index contributed by atoms with van der Waals surface area (Å²) in [6.07, 6.45) is -0.0947. The highest BCUT2D eigenvalue weighted by molar-refractivity contribution is 5.79. The van der Waals surface area contributed by atoms with Crippen LogP contribution in [0.2, 0.25) is 0 Å². The summed E-state index contributed by atoms with van der Waals surface area (Å²) in [5, 5.41) is 10.4. The Kier molecular flexibility index (Phi) is 6.61. The number of carboxylic acid groups (broad SMARTS) is 1. The van der Waals surface area contributed by atoms with Gasteiger partial charge in [0.15, 0.2) is 0 Å². The van der Waals surface area contributed by atoms with Crippen molar-refractivity contribution in [2.24, 2.45) is 0 Å². The van der Waals surface area contributed by atoms with Crippen LogP contribution in [0, 0.1) is 0 Å². The molecule has 0 bridgehead atoms. The van der Waals surface area contributed by atoms with E-state index >= 15 is 0 Å². The maximum Gasteiger partial charge on any atom is 0.398 e. The van der Waals surface area contributed by atoms with Crippen molar-refractivity contribution in [1.29, 1.82) is 0 Å². The van der Waals surface area contributed by atoms with Gasteiger partial charge in [0, 0.05) is 0 Å². The molecule has 0 saturated heterocycles. The number of nitrogens with one attached hydrogen (secondary N) is 1. The van der Waals surface area contributed by atoms with Gasteiger partial charge in [-0.15, -0.1) is 4.39 Å². The third kappa shape index (κ3) is 7.87. The molecule has 0 aliphatic rings. The van der Waals surface area contributed by atoms with Crippen LogP contribution in [0.25, 0.3) is 0 Å². The standard InChI is InChI=1S/C9H17FN2O3/c1-12(2)6-4-3-5-7(8(13)14)11-9(10)15/h7H,3-6H2,1-2H3,(H,11,15)(H,13,14). The van der Waals surface area contributed by atoms with Gasteiger partial charge < -0.3 is 15.3 Å². The van der Waals surface area contributed by atoms with E-state index in [1.807, 2.05) is 19.0 Å². The fourth-order valence-electron chi connectivity index (χ4n) is 1.17. The molecular weight excluding hydrogens is 203 g/mol. The van der Waals surface area contributed by atoms with Crippen molar-refractivity contribution in [3.05, 3.63) is 0 Å². The highest BCUT2D eigenvalue weighted by atomic mass is 19.1. The number of unbranched alkanes of at least 4 members (excludes halogenated alkanes) is 1. The summed E-state index contributed by atoms with van der Waals surface area (Å²) in [6, 6.07) is -1.12. The molecule has 0 radical (unpaired) electrons. The Bertz CT molecular complexity index is 221. The van der Waals surface area contributed by atoms with Crippen LogP contribution >= 0.6 is 0 Å². The molecule has 0 aromatic carbocycles. The smallest absolute Gasteiger partial charge is 0.398 e. The maximum absolute atomic E-state index is 11.9. The van der Waals surface area contributed by atoms with Gasteiger partial charge >= 0.3 is 12.1 Å². The number of carbonyl (C=O) groups is 2. The predicted octanol–water partition coefficient (Wildman–Crippen LogP) is 0.851. The van der Waals surface area contributed by atoms with E-state index in [1.54, 1.807) is 5.32 Å². The third-order valence-corrected chi connectivity index (χ3v) is 1.93. The molecule has 5 nitrogen and oxygen atoms in total. The van der Waals surface area contributed by atoms with E-state index in [0.29, 0.717) is 6.42 Å². The minimum Gasteiger partial charge on any atom is -0.480 e. The molecule has 1 unspecified atom stereocenters. The first-order chi connectivity index (χ1) is 6.93. The summed E-state index contributed by atoms with van der Waals surface area (Å²) in [6.45, 7) is 0.843. The average molecular weight is 220 g/mol. The molecule has 0 aliphatic carbocycles. The van der Waals surface area contributed by atoms with Gasteiger partial charge in [0.1, 0.15) is 6.04 Å². The van der Waals surface area contributed by atoms with Crippen LogP contribution in [0.5, 0.6) is 0 Å². The molecule has 0 rings (SSSR count). The van der Waals surface area contributed by atoms with Crippen LogP contribution < -0.4 is 5.32 Å². The van der Waals surface area contributed by atoms with Gasteiger partial charge in [-0.25, -0.2) is 9.59 Å². The van der Waals surface area contributed by atoms with Crippen LogP contribution in [-0.2, 0) is 4.79 Å². The summed E-state index contributed by atoms with van der Waals surface area (Å²) in [4.78, 5) is 22.6. The number of amides is 1. The number of hydrogen-bond acceptors (Lipinski definition) is 3. The average Bonchev–Trinajstić information content (AvgIpc) is 2.08. The van der Waals surface area contributed by atoms with Crippen molar-refractivity contribution < 1.29 is 19.1 Å². The molecular formula is C9H17FN2O3.